The predicted molar refractivity (Wildman–Crippen MR) is 65.7 cm³/mol. The van der Waals surface area contributed by atoms with Crippen molar-refractivity contribution in [3.63, 3.8) is 0 Å². The molecule has 3 nitrogen and oxygen atoms in total. The molecule has 0 aromatic carbocycles. The summed E-state index contributed by atoms with van der Waals surface area (Å²) in [5.41, 5.74) is 0. The molecule has 0 radical (unpaired) electrons. The van der Waals surface area contributed by atoms with Gasteiger partial charge in [0, 0.05) is 19.5 Å². The number of morpholine rings is 1. The van der Waals surface area contributed by atoms with Crippen LogP contribution < -0.4 is 0 Å². The summed E-state index contributed by atoms with van der Waals surface area (Å²) in [4.78, 5) is 13.9. The fourth-order valence-electron chi connectivity index (χ4n) is 1.91. The van der Waals surface area contributed by atoms with Gasteiger partial charge >= 0.3 is 0 Å². The Labute approximate surface area is 103 Å². The van der Waals surface area contributed by atoms with Crippen molar-refractivity contribution in [3.8, 4) is 0 Å². The first kappa shape index (κ1) is 13.8. The lowest BCUT2D eigenvalue weighted by Gasteiger charge is -2.36. The second kappa shape index (κ2) is 6.45. The quantitative estimate of drug-likeness (QED) is 0.714. The molecule has 1 heterocycles. The van der Waals surface area contributed by atoms with E-state index in [1.165, 1.54) is 0 Å². The van der Waals surface area contributed by atoms with Crippen molar-refractivity contribution >= 4 is 17.5 Å². The molecular weight excluding hydrogens is 226 g/mol. The molecule has 0 aliphatic carbocycles. The van der Waals surface area contributed by atoms with Crippen LogP contribution >= 0.6 is 11.6 Å². The number of ether oxygens (including phenoxy) is 1. The lowest BCUT2D eigenvalue weighted by Crippen LogP contribution is -2.50. The lowest BCUT2D eigenvalue weighted by molar-refractivity contribution is -0.143. The van der Waals surface area contributed by atoms with Crippen LogP contribution in [0.1, 0.15) is 33.6 Å². The molecule has 0 N–H and O–H groups in total. The van der Waals surface area contributed by atoms with Gasteiger partial charge in [0.15, 0.2) is 0 Å². The first-order valence-corrected chi connectivity index (χ1v) is 6.59. The van der Waals surface area contributed by atoms with Crippen molar-refractivity contribution in [3.05, 3.63) is 0 Å². The summed E-state index contributed by atoms with van der Waals surface area (Å²) in [5.74, 6) is 1.15. The van der Waals surface area contributed by atoms with E-state index in [9.17, 15) is 4.79 Å². The molecule has 0 aromatic heterocycles. The van der Waals surface area contributed by atoms with Gasteiger partial charge in [-0.1, -0.05) is 20.3 Å². The normalized spacial score (nSPS) is 27.9. The van der Waals surface area contributed by atoms with Gasteiger partial charge in [0.2, 0.25) is 5.91 Å². The van der Waals surface area contributed by atoms with Crippen molar-refractivity contribution in [2.45, 2.75) is 45.8 Å². The summed E-state index contributed by atoms with van der Waals surface area (Å²) >= 11 is 5.79. The molecule has 0 aromatic rings. The fraction of sp³-hybridized carbons (Fsp3) is 0.917. The Morgan fingerprint density at radius 2 is 2.25 bits per heavy atom. The smallest absolute Gasteiger partial charge is 0.223 e. The number of hydrogen-bond donors (Lipinski definition) is 0. The van der Waals surface area contributed by atoms with Crippen molar-refractivity contribution in [2.75, 3.05) is 19.0 Å². The van der Waals surface area contributed by atoms with E-state index in [1.54, 1.807) is 0 Å². The summed E-state index contributed by atoms with van der Waals surface area (Å²) in [6.45, 7) is 7.55. The summed E-state index contributed by atoms with van der Waals surface area (Å²) < 4.78 is 5.62. The highest BCUT2D eigenvalue weighted by Crippen LogP contribution is 2.16. The van der Waals surface area contributed by atoms with E-state index in [0.717, 1.165) is 6.42 Å². The van der Waals surface area contributed by atoms with Crippen molar-refractivity contribution in [1.82, 2.24) is 4.90 Å². The summed E-state index contributed by atoms with van der Waals surface area (Å²) in [5, 5.41) is 0. The predicted octanol–water partition coefficient (Wildman–Crippen LogP) is 2.28. The minimum atomic E-state index is -0.00806. The molecule has 1 fully saturated rings. The highest BCUT2D eigenvalue weighted by molar-refractivity contribution is 6.18. The summed E-state index contributed by atoms with van der Waals surface area (Å²) in [7, 11) is 0. The zero-order valence-corrected chi connectivity index (χ0v) is 11.2. The Kier molecular flexibility index (Phi) is 5.56. The number of carbonyl (C=O) groups is 1. The van der Waals surface area contributed by atoms with Gasteiger partial charge in [-0.05, 0) is 12.8 Å². The molecule has 4 heteroatoms. The summed E-state index contributed by atoms with van der Waals surface area (Å²) in [6, 6.07) is 0. The van der Waals surface area contributed by atoms with Crippen LogP contribution in [0.15, 0.2) is 0 Å². The van der Waals surface area contributed by atoms with Crippen molar-refractivity contribution in [2.24, 2.45) is 5.92 Å². The number of hydrogen-bond acceptors (Lipinski definition) is 2. The van der Waals surface area contributed by atoms with Crippen LogP contribution in [0.5, 0.6) is 0 Å². The molecule has 94 valence electrons. The molecule has 1 saturated heterocycles. The topological polar surface area (TPSA) is 29.5 Å². The average Bonchev–Trinajstić information content (AvgIpc) is 2.27. The van der Waals surface area contributed by atoms with Crippen LogP contribution in [0.2, 0.25) is 0 Å². The van der Waals surface area contributed by atoms with Gasteiger partial charge in [-0.3, -0.25) is 4.79 Å². The fourth-order valence-corrected chi connectivity index (χ4v) is 2.08. The third-order valence-electron chi connectivity index (χ3n) is 3.07. The Morgan fingerprint density at radius 3 is 2.81 bits per heavy atom. The molecule has 1 amide bonds. The first-order valence-electron chi connectivity index (χ1n) is 6.06. The molecule has 16 heavy (non-hydrogen) atoms. The van der Waals surface area contributed by atoms with Gasteiger partial charge in [-0.15, -0.1) is 11.6 Å². The molecule has 3 unspecified atom stereocenters. The van der Waals surface area contributed by atoms with Crippen LogP contribution in [-0.2, 0) is 9.53 Å². The number of nitrogens with zero attached hydrogens (tertiary/aromatic N) is 1. The van der Waals surface area contributed by atoms with Crippen LogP contribution in [0.3, 0.4) is 0 Å². The number of carbonyl (C=O) groups excluding carboxylic acids is 1. The number of amides is 1. The third kappa shape index (κ3) is 3.95. The van der Waals surface area contributed by atoms with E-state index in [0.29, 0.717) is 31.3 Å². The van der Waals surface area contributed by atoms with E-state index in [4.69, 9.17) is 16.3 Å². The Hall–Kier alpha value is -0.280. The Morgan fingerprint density at radius 1 is 1.56 bits per heavy atom. The van der Waals surface area contributed by atoms with Crippen LogP contribution in [0, 0.1) is 5.92 Å². The monoisotopic (exact) mass is 247 g/mol. The van der Waals surface area contributed by atoms with Gasteiger partial charge < -0.3 is 9.64 Å². The zero-order chi connectivity index (χ0) is 12.1. The van der Waals surface area contributed by atoms with Gasteiger partial charge in [0.25, 0.3) is 0 Å². The second-order valence-electron chi connectivity index (χ2n) is 4.74. The molecule has 3 atom stereocenters. The number of halogens is 1. The standard InChI is InChI=1S/C12H22ClNO2/c1-4-9(2)5-12(15)14-7-10(3)16-11(6-13)8-14/h9-11H,4-8H2,1-3H3. The molecule has 1 aliphatic heterocycles. The van der Waals surface area contributed by atoms with E-state index in [-0.39, 0.29) is 18.1 Å². The highest BCUT2D eigenvalue weighted by atomic mass is 35.5. The number of rotatable bonds is 4. The highest BCUT2D eigenvalue weighted by Gasteiger charge is 2.28. The van der Waals surface area contributed by atoms with Crippen molar-refractivity contribution < 1.29 is 9.53 Å². The van der Waals surface area contributed by atoms with E-state index >= 15 is 0 Å². The van der Waals surface area contributed by atoms with Gasteiger partial charge in [-0.25, -0.2) is 0 Å². The van der Waals surface area contributed by atoms with Gasteiger partial charge in [-0.2, -0.15) is 0 Å². The molecule has 1 aliphatic rings. The largest absolute Gasteiger partial charge is 0.370 e. The van der Waals surface area contributed by atoms with E-state index < -0.39 is 0 Å². The molecule has 1 rings (SSSR count). The minimum Gasteiger partial charge on any atom is -0.370 e. The SMILES string of the molecule is CCC(C)CC(=O)N1CC(C)OC(CCl)C1. The van der Waals surface area contributed by atoms with Gasteiger partial charge in [0.1, 0.15) is 0 Å². The second-order valence-corrected chi connectivity index (χ2v) is 5.05. The van der Waals surface area contributed by atoms with Crippen LogP contribution in [0.25, 0.3) is 0 Å². The third-order valence-corrected chi connectivity index (χ3v) is 3.42. The van der Waals surface area contributed by atoms with E-state index in [1.807, 2.05) is 11.8 Å². The van der Waals surface area contributed by atoms with Crippen LogP contribution in [0.4, 0.5) is 0 Å². The Bertz CT molecular complexity index is 235. The molecule has 0 saturated carbocycles. The summed E-state index contributed by atoms with van der Waals surface area (Å²) in [6.07, 6.45) is 1.77. The molecule has 0 bridgehead atoms. The Balaban J connectivity index is 2.48. The average molecular weight is 248 g/mol. The minimum absolute atomic E-state index is 0.00806. The lowest BCUT2D eigenvalue weighted by atomic mass is 10.0. The van der Waals surface area contributed by atoms with Crippen molar-refractivity contribution in [1.29, 1.82) is 0 Å². The number of alkyl halides is 1. The first-order chi connectivity index (χ1) is 7.56. The molecular formula is C12H22ClNO2. The zero-order valence-electron chi connectivity index (χ0n) is 10.4. The molecule has 0 spiro atoms. The van der Waals surface area contributed by atoms with Crippen LogP contribution in [-0.4, -0.2) is 42.0 Å². The maximum absolute atomic E-state index is 12.0. The maximum Gasteiger partial charge on any atom is 0.223 e. The van der Waals surface area contributed by atoms with Gasteiger partial charge in [0.05, 0.1) is 18.1 Å². The van der Waals surface area contributed by atoms with E-state index in [2.05, 4.69) is 13.8 Å². The maximum atomic E-state index is 12.0.